The molecule has 0 N–H and O–H groups in total. The summed E-state index contributed by atoms with van der Waals surface area (Å²) in [6.45, 7) is 10.6. The third kappa shape index (κ3) is 2.47. The molecule has 0 radical (unpaired) electrons. The molecule has 3 nitrogen and oxygen atoms in total. The van der Waals surface area contributed by atoms with Crippen LogP contribution in [0.25, 0.3) is 0 Å². The number of sulfonamides is 1. The van der Waals surface area contributed by atoms with E-state index in [1.807, 2.05) is 19.1 Å². The van der Waals surface area contributed by atoms with Gasteiger partial charge in [0.05, 0.1) is 4.90 Å². The van der Waals surface area contributed by atoms with Gasteiger partial charge in [0.25, 0.3) is 0 Å². The molecule has 104 valence electrons. The van der Waals surface area contributed by atoms with E-state index < -0.39 is 10.0 Å². The molecule has 2 atom stereocenters. The minimum Gasteiger partial charge on any atom is -0.207 e. The Kier molecular flexibility index (Phi) is 3.83. The predicted molar refractivity (Wildman–Crippen MR) is 77.4 cm³/mol. The number of aryl methyl sites for hydroxylation is 1. The second kappa shape index (κ2) is 5.10. The quantitative estimate of drug-likeness (QED) is 0.795. The standard InChI is InChI=1S/C15H21NO2S/c1-5-15-14(11(2)3)10-16(15)19(17,18)13-8-6-12(4)7-9-13/h5-9,11,14-15H,1,10H2,2-4H3/t14-,15-/m0/s1. The van der Waals surface area contributed by atoms with Crippen molar-refractivity contribution in [1.82, 2.24) is 4.31 Å². The van der Waals surface area contributed by atoms with Crippen LogP contribution in [0, 0.1) is 18.8 Å². The number of hydrogen-bond donors (Lipinski definition) is 0. The Morgan fingerprint density at radius 1 is 1.32 bits per heavy atom. The fourth-order valence-corrected chi connectivity index (χ4v) is 4.20. The van der Waals surface area contributed by atoms with Crippen LogP contribution in [0.2, 0.25) is 0 Å². The van der Waals surface area contributed by atoms with Crippen molar-refractivity contribution in [2.24, 2.45) is 11.8 Å². The molecule has 1 heterocycles. The maximum Gasteiger partial charge on any atom is 0.243 e. The average molecular weight is 279 g/mol. The summed E-state index contributed by atoms with van der Waals surface area (Å²) in [4.78, 5) is 0.368. The Morgan fingerprint density at radius 3 is 2.37 bits per heavy atom. The molecule has 2 rings (SSSR count). The fraction of sp³-hybridized carbons (Fsp3) is 0.467. The molecule has 1 fully saturated rings. The molecule has 0 unspecified atom stereocenters. The first-order chi connectivity index (χ1) is 8.87. The minimum atomic E-state index is -3.38. The van der Waals surface area contributed by atoms with E-state index in [1.54, 1.807) is 22.5 Å². The van der Waals surface area contributed by atoms with E-state index in [-0.39, 0.29) is 6.04 Å². The zero-order valence-corrected chi connectivity index (χ0v) is 12.5. The lowest BCUT2D eigenvalue weighted by molar-refractivity contribution is 0.0978. The predicted octanol–water partition coefficient (Wildman–Crippen LogP) is 2.83. The van der Waals surface area contributed by atoms with Gasteiger partial charge in [0.2, 0.25) is 10.0 Å². The molecule has 4 heteroatoms. The van der Waals surface area contributed by atoms with Crippen molar-refractivity contribution in [3.8, 4) is 0 Å². The Bertz CT molecular complexity index is 560. The van der Waals surface area contributed by atoms with Crippen LogP contribution in [-0.2, 0) is 10.0 Å². The minimum absolute atomic E-state index is 0.0775. The first kappa shape index (κ1) is 14.3. The molecule has 0 saturated carbocycles. The summed E-state index contributed by atoms with van der Waals surface area (Å²) in [5.74, 6) is 0.838. The van der Waals surface area contributed by atoms with E-state index in [9.17, 15) is 8.42 Å². The zero-order chi connectivity index (χ0) is 14.2. The fourth-order valence-electron chi connectivity index (χ4n) is 2.51. The lowest BCUT2D eigenvalue weighted by Crippen LogP contribution is -2.59. The van der Waals surface area contributed by atoms with E-state index in [0.29, 0.717) is 23.3 Å². The van der Waals surface area contributed by atoms with E-state index in [2.05, 4.69) is 20.4 Å². The Labute approximate surface area is 116 Å². The highest BCUT2D eigenvalue weighted by Gasteiger charge is 2.45. The molecule has 0 aliphatic carbocycles. The van der Waals surface area contributed by atoms with E-state index >= 15 is 0 Å². The molecule has 1 aromatic rings. The summed E-state index contributed by atoms with van der Waals surface area (Å²) >= 11 is 0. The molecule has 0 amide bonds. The molecule has 0 bridgehead atoms. The molecule has 0 spiro atoms. The van der Waals surface area contributed by atoms with Crippen LogP contribution in [0.15, 0.2) is 41.8 Å². The van der Waals surface area contributed by atoms with Crippen molar-refractivity contribution in [2.45, 2.75) is 31.7 Å². The average Bonchev–Trinajstić information content (AvgIpc) is 2.27. The van der Waals surface area contributed by atoms with Gasteiger partial charge in [0.1, 0.15) is 0 Å². The van der Waals surface area contributed by atoms with Gasteiger partial charge in [-0.05, 0) is 30.9 Å². The SMILES string of the molecule is C=C[C@H]1[C@H](C(C)C)CN1S(=O)(=O)c1ccc(C)cc1. The van der Waals surface area contributed by atoms with Gasteiger partial charge >= 0.3 is 0 Å². The van der Waals surface area contributed by atoms with Gasteiger partial charge < -0.3 is 0 Å². The smallest absolute Gasteiger partial charge is 0.207 e. The summed E-state index contributed by atoms with van der Waals surface area (Å²) < 4.78 is 26.6. The van der Waals surface area contributed by atoms with Crippen LogP contribution in [0.1, 0.15) is 19.4 Å². The van der Waals surface area contributed by atoms with Gasteiger partial charge in [-0.15, -0.1) is 6.58 Å². The van der Waals surface area contributed by atoms with Gasteiger partial charge in [0.15, 0.2) is 0 Å². The molecule has 1 aliphatic heterocycles. The highest BCUT2D eigenvalue weighted by molar-refractivity contribution is 7.89. The van der Waals surface area contributed by atoms with Crippen molar-refractivity contribution in [2.75, 3.05) is 6.54 Å². The summed E-state index contributed by atoms with van der Waals surface area (Å²) in [6, 6.07) is 6.93. The van der Waals surface area contributed by atoms with Crippen molar-refractivity contribution in [1.29, 1.82) is 0 Å². The number of hydrogen-bond acceptors (Lipinski definition) is 2. The Morgan fingerprint density at radius 2 is 1.89 bits per heavy atom. The van der Waals surface area contributed by atoms with Gasteiger partial charge in [-0.1, -0.05) is 37.6 Å². The molecule has 1 aliphatic rings. The van der Waals surface area contributed by atoms with Crippen LogP contribution in [-0.4, -0.2) is 25.3 Å². The largest absolute Gasteiger partial charge is 0.243 e. The molecular weight excluding hydrogens is 258 g/mol. The third-order valence-corrected chi connectivity index (χ3v) is 5.77. The lowest BCUT2D eigenvalue weighted by atomic mass is 9.82. The highest BCUT2D eigenvalue weighted by Crippen LogP contribution is 2.36. The second-order valence-corrected chi connectivity index (χ2v) is 7.41. The molecular formula is C15H21NO2S. The van der Waals surface area contributed by atoms with Crippen LogP contribution < -0.4 is 0 Å². The number of benzene rings is 1. The number of nitrogens with zero attached hydrogens (tertiary/aromatic N) is 1. The topological polar surface area (TPSA) is 37.4 Å². The van der Waals surface area contributed by atoms with Crippen LogP contribution >= 0.6 is 0 Å². The van der Waals surface area contributed by atoms with E-state index in [1.165, 1.54) is 0 Å². The first-order valence-electron chi connectivity index (χ1n) is 6.59. The normalized spacial score (nSPS) is 24.2. The highest BCUT2D eigenvalue weighted by atomic mass is 32.2. The molecule has 19 heavy (non-hydrogen) atoms. The van der Waals surface area contributed by atoms with Crippen molar-refractivity contribution >= 4 is 10.0 Å². The summed E-state index contributed by atoms with van der Waals surface area (Å²) in [5.41, 5.74) is 1.06. The molecule has 1 aromatic carbocycles. The maximum absolute atomic E-state index is 12.5. The van der Waals surface area contributed by atoms with Gasteiger partial charge in [-0.25, -0.2) is 8.42 Å². The maximum atomic E-state index is 12.5. The lowest BCUT2D eigenvalue weighted by Gasteiger charge is -2.47. The molecule has 1 saturated heterocycles. The van der Waals surface area contributed by atoms with Crippen LogP contribution in [0.4, 0.5) is 0 Å². The van der Waals surface area contributed by atoms with E-state index in [4.69, 9.17) is 0 Å². The van der Waals surface area contributed by atoms with Gasteiger partial charge in [0, 0.05) is 12.6 Å². The number of rotatable bonds is 4. The van der Waals surface area contributed by atoms with Crippen molar-refractivity contribution < 1.29 is 8.42 Å². The Balaban J connectivity index is 2.27. The monoisotopic (exact) mass is 279 g/mol. The second-order valence-electron chi connectivity index (χ2n) is 5.52. The van der Waals surface area contributed by atoms with Gasteiger partial charge in [-0.2, -0.15) is 4.31 Å². The van der Waals surface area contributed by atoms with Crippen molar-refractivity contribution in [3.05, 3.63) is 42.5 Å². The van der Waals surface area contributed by atoms with Crippen LogP contribution in [0.3, 0.4) is 0 Å². The van der Waals surface area contributed by atoms with Gasteiger partial charge in [-0.3, -0.25) is 0 Å². The van der Waals surface area contributed by atoms with Crippen LogP contribution in [0.5, 0.6) is 0 Å². The zero-order valence-electron chi connectivity index (χ0n) is 11.7. The summed E-state index contributed by atoms with van der Waals surface area (Å²) in [5, 5.41) is 0. The summed E-state index contributed by atoms with van der Waals surface area (Å²) in [7, 11) is -3.38. The first-order valence-corrected chi connectivity index (χ1v) is 8.03. The summed E-state index contributed by atoms with van der Waals surface area (Å²) in [6.07, 6.45) is 1.75. The molecule has 0 aromatic heterocycles. The van der Waals surface area contributed by atoms with E-state index in [0.717, 1.165) is 5.56 Å². The third-order valence-electron chi connectivity index (χ3n) is 3.89. The Hall–Kier alpha value is -1.13. The van der Waals surface area contributed by atoms with Crippen molar-refractivity contribution in [3.63, 3.8) is 0 Å².